The van der Waals surface area contributed by atoms with Crippen molar-refractivity contribution >= 4 is 85.8 Å². The maximum Gasteiger partial charge on any atom is 0.407 e. The number of methoxy groups -OCH3 is 2. The number of benzene rings is 6. The zero-order valence-electron chi connectivity index (χ0n) is 59.4. The summed E-state index contributed by atoms with van der Waals surface area (Å²) in [6.07, 6.45) is 3.52. The summed E-state index contributed by atoms with van der Waals surface area (Å²) in [5.41, 5.74) is 10.4. The Kier molecular flexibility index (Phi) is 22.0. The van der Waals surface area contributed by atoms with Gasteiger partial charge in [0.25, 0.3) is 23.6 Å². The first kappa shape index (κ1) is 71.9. The van der Waals surface area contributed by atoms with E-state index in [4.69, 9.17) is 33.2 Å². The zero-order valence-corrected chi connectivity index (χ0v) is 61.4. The molecule has 4 aliphatic heterocycles. The van der Waals surface area contributed by atoms with Crippen LogP contribution in [0.1, 0.15) is 101 Å². The van der Waals surface area contributed by atoms with Crippen LogP contribution in [0.5, 0.6) is 23.0 Å². The van der Waals surface area contributed by atoms with Crippen LogP contribution >= 0.6 is 0 Å². The Morgan fingerprint density at radius 2 is 1.03 bits per heavy atom. The normalized spacial score (nSPS) is 17.1. The number of carbonyl (C=O) groups is 7. The number of Topliss-reactive ketones (excluding diaryl/α,β-unsaturated/α-hetero) is 1. The highest BCUT2D eigenvalue weighted by atomic mass is 28.3. The lowest BCUT2D eigenvalue weighted by Gasteiger charge is -2.27. The van der Waals surface area contributed by atoms with E-state index in [0.29, 0.717) is 54.6 Å². The lowest BCUT2D eigenvalue weighted by Crippen LogP contribution is -2.45. The van der Waals surface area contributed by atoms with Crippen LogP contribution in [-0.2, 0) is 33.4 Å². The maximum absolute atomic E-state index is 15.0. The molecule has 11 rings (SSSR count). The summed E-state index contributed by atoms with van der Waals surface area (Å²) in [6, 6.07) is 36.9. The van der Waals surface area contributed by atoms with Gasteiger partial charge in [0, 0.05) is 97.1 Å². The Bertz CT molecular complexity index is 4120. The molecule has 6 aromatic rings. The Balaban J connectivity index is 0.740. The minimum atomic E-state index is -1.54. The predicted molar refractivity (Wildman–Crippen MR) is 391 cm³/mol. The van der Waals surface area contributed by atoms with Gasteiger partial charge >= 0.3 is 6.09 Å². The highest BCUT2D eigenvalue weighted by Crippen LogP contribution is 2.47. The molecular formula is C78H92N6O14Si2. The van der Waals surface area contributed by atoms with Crippen molar-refractivity contribution in [2.45, 2.75) is 129 Å². The number of rotatable bonds is 29. The van der Waals surface area contributed by atoms with Gasteiger partial charge in [0.05, 0.1) is 56.0 Å². The standard InChI is InChI=1S/C78H92N6O14Si2/c1-48(2)72(80-78(91)98-45-62-58-20-15-13-18-56(58)57-19-14-16-21-59(57)62)67(85)36-50(4)73(86)79-55-28-26-52(27-29-55)54-38-66-77(90)84(47-95-33-35-100(10,11)12)64-42-71(69(93-6)40-61(64)75(88)82(66)44-54)97-31-17-30-96-70-41-63-60(39-68(70)92-5)74(87)81-43-53(51-24-22-49(3)23-25-51)37-65(81)76(89)83(63)46-94-32-34-99(7,8)9/h13-16,18-29,39-44,48,50,62,65-66,72H,17,30-38,45-47H2,1-12H3,(H,79,86)(H,80,91)/t50-,65+,66+,72+/m1/s1. The van der Waals surface area contributed by atoms with Crippen LogP contribution in [0.3, 0.4) is 0 Å². The van der Waals surface area contributed by atoms with Gasteiger partial charge in [0.1, 0.15) is 32.2 Å². The first-order valence-electron chi connectivity index (χ1n) is 34.5. The van der Waals surface area contributed by atoms with E-state index in [-0.39, 0.29) is 110 Å². The van der Waals surface area contributed by atoms with E-state index >= 15 is 4.79 Å². The van der Waals surface area contributed by atoms with E-state index in [1.807, 2.05) is 93.6 Å². The van der Waals surface area contributed by atoms with Gasteiger partial charge in [-0.1, -0.05) is 151 Å². The third kappa shape index (κ3) is 16.1. The van der Waals surface area contributed by atoms with E-state index in [1.54, 1.807) is 60.6 Å². The first-order chi connectivity index (χ1) is 47.8. The number of amides is 6. The summed E-state index contributed by atoms with van der Waals surface area (Å²) >= 11 is 0. The Hall–Kier alpha value is -9.36. The van der Waals surface area contributed by atoms with Gasteiger partial charge < -0.3 is 53.6 Å². The van der Waals surface area contributed by atoms with Crippen molar-refractivity contribution in [3.63, 3.8) is 0 Å². The van der Waals surface area contributed by atoms with Crippen LogP contribution < -0.4 is 39.4 Å². The lowest BCUT2D eigenvalue weighted by atomic mass is 9.93. The van der Waals surface area contributed by atoms with Gasteiger partial charge in [-0.05, 0) is 93.7 Å². The van der Waals surface area contributed by atoms with Crippen molar-refractivity contribution in [1.29, 1.82) is 0 Å². The molecule has 22 heteroatoms. The molecule has 0 unspecified atom stereocenters. The number of ketones is 1. The number of hydrogen-bond acceptors (Lipinski definition) is 14. The minimum Gasteiger partial charge on any atom is -0.493 e. The van der Waals surface area contributed by atoms with Gasteiger partial charge in [0.2, 0.25) is 5.91 Å². The van der Waals surface area contributed by atoms with E-state index < -0.39 is 52.2 Å². The number of hydrogen-bond donors (Lipinski definition) is 2. The second-order valence-electron chi connectivity index (χ2n) is 29.2. The van der Waals surface area contributed by atoms with Gasteiger partial charge in [-0.15, -0.1) is 0 Å². The third-order valence-electron chi connectivity index (χ3n) is 19.0. The molecule has 0 radical (unpaired) electrons. The second kappa shape index (κ2) is 30.6. The van der Waals surface area contributed by atoms with E-state index in [1.165, 1.54) is 28.9 Å². The predicted octanol–water partition coefficient (Wildman–Crippen LogP) is 13.8. The van der Waals surface area contributed by atoms with Crippen LogP contribution in [0.25, 0.3) is 22.3 Å². The fraction of sp³-hybridized carbons (Fsp3) is 0.397. The molecule has 6 amide bonds. The Morgan fingerprint density at radius 3 is 1.48 bits per heavy atom. The van der Waals surface area contributed by atoms with Gasteiger partial charge in [-0.25, -0.2) is 4.79 Å². The third-order valence-corrected chi connectivity index (χ3v) is 22.4. The summed E-state index contributed by atoms with van der Waals surface area (Å²) in [5, 5.41) is 5.70. The highest BCUT2D eigenvalue weighted by molar-refractivity contribution is 6.76. The van der Waals surface area contributed by atoms with Crippen LogP contribution in [-0.4, -0.2) is 146 Å². The van der Waals surface area contributed by atoms with Crippen molar-refractivity contribution in [3.05, 3.63) is 173 Å². The van der Waals surface area contributed by atoms with Crippen LogP contribution in [0, 0.1) is 18.8 Å². The van der Waals surface area contributed by atoms with Crippen LogP contribution in [0.4, 0.5) is 21.9 Å². The number of fused-ring (bicyclic) bond motifs is 7. The molecule has 5 aliphatic rings. The molecule has 2 N–H and O–H groups in total. The number of ether oxygens (including phenoxy) is 7. The molecule has 4 heterocycles. The van der Waals surface area contributed by atoms with Crippen molar-refractivity contribution in [1.82, 2.24) is 15.1 Å². The molecule has 0 fully saturated rings. The number of alkyl carbamates (subject to hydrolysis) is 1. The largest absolute Gasteiger partial charge is 0.493 e. The lowest BCUT2D eigenvalue weighted by molar-refractivity contribution is -0.127. The minimum absolute atomic E-state index is 0.0598. The second-order valence-corrected chi connectivity index (χ2v) is 40.4. The summed E-state index contributed by atoms with van der Waals surface area (Å²) in [7, 11) is -0.0423. The molecule has 0 saturated carbocycles. The SMILES string of the molecule is COc1cc2c(cc1OCCCOc1cc3c(cc1OC)C(=O)N1C=C(c4ccc(NC(=O)[C@H](C)CC(=O)[C@@H](NC(=O)OCC5c6ccccc6-c6ccccc65)C(C)C)cc4)C[C@H]1C(=O)N3COCC[Si](C)(C)C)N(COCC[Si](C)(C)C)C(=O)[C@@H]1CC(c3ccc(C)cc3)=CN1C2=O. The van der Waals surface area contributed by atoms with Crippen molar-refractivity contribution in [3.8, 4) is 34.1 Å². The number of carbonyl (C=O) groups excluding carboxylic acids is 7. The fourth-order valence-corrected chi connectivity index (χ4v) is 14.7. The number of nitrogens with one attached hydrogen (secondary N) is 2. The molecule has 4 atom stereocenters. The molecule has 20 nitrogen and oxygen atoms in total. The summed E-state index contributed by atoms with van der Waals surface area (Å²) in [6.45, 7) is 21.9. The molecule has 0 saturated heterocycles. The topological polar surface area (TPSA) is 221 Å². The molecule has 6 aromatic carbocycles. The Labute approximate surface area is 587 Å². The average Bonchev–Trinajstić information content (AvgIpc) is 1.61. The quantitative estimate of drug-likeness (QED) is 0.0330. The van der Waals surface area contributed by atoms with Crippen LogP contribution in [0.15, 0.2) is 134 Å². The van der Waals surface area contributed by atoms with Crippen molar-refractivity contribution in [2.24, 2.45) is 11.8 Å². The van der Waals surface area contributed by atoms with E-state index in [0.717, 1.165) is 62.2 Å². The molecule has 526 valence electrons. The Morgan fingerprint density at radius 1 is 0.570 bits per heavy atom. The number of aryl methyl sites for hydroxylation is 1. The van der Waals surface area contributed by atoms with Gasteiger partial charge in [0.15, 0.2) is 28.8 Å². The van der Waals surface area contributed by atoms with Crippen molar-refractivity contribution in [2.75, 3.05) is 75.8 Å². The van der Waals surface area contributed by atoms with Gasteiger partial charge in [-0.3, -0.25) is 38.6 Å². The molecule has 0 bridgehead atoms. The number of anilines is 3. The molecule has 0 spiro atoms. The maximum atomic E-state index is 15.0. The summed E-state index contributed by atoms with van der Waals surface area (Å²) in [5.74, 6) is -2.08. The monoisotopic (exact) mass is 1390 g/mol. The average molecular weight is 1390 g/mol. The smallest absolute Gasteiger partial charge is 0.407 e. The molecule has 100 heavy (non-hydrogen) atoms. The zero-order chi connectivity index (χ0) is 71.3. The molecular weight excluding hydrogens is 1300 g/mol. The molecule has 1 aliphatic carbocycles. The van der Waals surface area contributed by atoms with Crippen molar-refractivity contribution < 1.29 is 66.7 Å². The number of nitrogens with zero attached hydrogens (tertiary/aromatic N) is 4. The van der Waals surface area contributed by atoms with E-state index in [9.17, 15) is 28.8 Å². The highest BCUT2D eigenvalue weighted by Gasteiger charge is 2.46. The fourth-order valence-electron chi connectivity index (χ4n) is 13.2. The summed E-state index contributed by atoms with van der Waals surface area (Å²) < 4.78 is 42.8. The first-order valence-corrected chi connectivity index (χ1v) is 41.9. The summed E-state index contributed by atoms with van der Waals surface area (Å²) in [4.78, 5) is 106. The van der Waals surface area contributed by atoms with Crippen LogP contribution in [0.2, 0.25) is 51.4 Å². The van der Waals surface area contributed by atoms with E-state index in [2.05, 4.69) is 62.0 Å². The van der Waals surface area contributed by atoms with Gasteiger partial charge in [-0.2, -0.15) is 0 Å². The molecule has 0 aromatic heterocycles.